The van der Waals surface area contributed by atoms with Crippen LogP contribution in [-0.4, -0.2) is 25.3 Å². The summed E-state index contributed by atoms with van der Waals surface area (Å²) >= 11 is 0. The first-order chi connectivity index (χ1) is 5.49. The molecular weight excluding hydrogens is 193 g/mol. The van der Waals surface area contributed by atoms with Crippen molar-refractivity contribution in [1.29, 1.82) is 0 Å². The van der Waals surface area contributed by atoms with E-state index < -0.39 is 22.4 Å². The van der Waals surface area contributed by atoms with E-state index in [1.54, 1.807) is 0 Å². The van der Waals surface area contributed by atoms with E-state index in [2.05, 4.69) is 14.3 Å². The summed E-state index contributed by atoms with van der Waals surface area (Å²) in [5.41, 5.74) is 0. The fraction of sp³-hybridized carbons (Fsp3) is 0.750. The van der Waals surface area contributed by atoms with Crippen LogP contribution in [0.2, 0.25) is 0 Å². The van der Waals surface area contributed by atoms with Gasteiger partial charge in [0.15, 0.2) is 0 Å². The first-order valence-corrected chi connectivity index (χ1v) is 4.21. The zero-order chi connectivity index (χ0) is 9.19. The molecule has 1 saturated heterocycles. The lowest BCUT2D eigenvalue weighted by atomic mass is 10.5. The number of amides is 1. The first kappa shape index (κ1) is 9.65. The Morgan fingerprint density at radius 2 is 2.25 bits per heavy atom. The lowest BCUT2D eigenvalue weighted by Gasteiger charge is -2.21. The fourth-order valence-electron chi connectivity index (χ4n) is 0.664. The average Bonchev–Trinajstić information content (AvgIpc) is 1.91. The predicted molar refractivity (Wildman–Crippen MR) is 23.8 cm³/mol. The second-order valence-electron chi connectivity index (χ2n) is 1.96. The topological polar surface area (TPSA) is 117 Å². The van der Waals surface area contributed by atoms with Crippen LogP contribution in [0.3, 0.4) is 0 Å². The molecule has 1 rings (SSSR count). The van der Waals surface area contributed by atoms with Crippen LogP contribution in [0.1, 0.15) is 0 Å². The lowest BCUT2D eigenvalue weighted by Crippen LogP contribution is -2.64. The molecule has 0 aromatic rings. The molecule has 1 amide bonds. The number of carbonyl (C=O) groups is 1. The van der Waals surface area contributed by atoms with Crippen LogP contribution in [0.5, 0.6) is 0 Å². The molecule has 1 aliphatic heterocycles. The van der Waals surface area contributed by atoms with E-state index in [4.69, 9.17) is 0 Å². The van der Waals surface area contributed by atoms with E-state index in [-0.39, 0.29) is 13.2 Å². The highest BCUT2D eigenvalue weighted by atomic mass is 35.7. The normalized spacial score (nSPS) is 25.2. The maximum Gasteiger partial charge on any atom is 0.392 e. The summed E-state index contributed by atoms with van der Waals surface area (Å²) in [5, 5.41) is 2.26. The van der Waals surface area contributed by atoms with Crippen LogP contribution >= 0.6 is 0 Å². The first-order valence-electron chi connectivity index (χ1n) is 2.97. The largest absolute Gasteiger partial charge is 0.392 e. The van der Waals surface area contributed by atoms with Gasteiger partial charge in [-0.3, -0.25) is 4.79 Å². The molecule has 8 heteroatoms. The highest BCUT2D eigenvalue weighted by Gasteiger charge is 2.38. The third-order valence-corrected chi connectivity index (χ3v) is 1.45. The van der Waals surface area contributed by atoms with Gasteiger partial charge in [0.25, 0.3) is 5.91 Å². The molecule has 1 N–H and O–H groups in total. The molecule has 0 bridgehead atoms. The quantitative estimate of drug-likeness (QED) is 0.478. The molecule has 0 radical (unpaired) electrons. The number of rotatable bonds is 2. The Morgan fingerprint density at radius 3 is 2.75 bits per heavy atom. The summed E-state index contributed by atoms with van der Waals surface area (Å²) in [5.74, 6) is -0.770. The zero-order valence-electron chi connectivity index (χ0n) is 5.82. The molecule has 7 nitrogen and oxygen atoms in total. The molecular formula is C4H6ClNO6. The minimum absolute atomic E-state index is 0.113. The van der Waals surface area contributed by atoms with Crippen LogP contribution in [0.15, 0.2) is 0 Å². The Morgan fingerprint density at radius 1 is 1.58 bits per heavy atom. The van der Waals surface area contributed by atoms with Gasteiger partial charge in [0.05, 0.1) is 16.9 Å². The molecule has 0 aliphatic carbocycles. The molecule has 1 aliphatic rings. The average molecular weight is 200 g/mol. The van der Waals surface area contributed by atoms with Crippen LogP contribution in [0.4, 0.5) is 0 Å². The van der Waals surface area contributed by atoms with Crippen molar-refractivity contribution >= 4 is 5.91 Å². The van der Waals surface area contributed by atoms with Crippen molar-refractivity contribution in [3.63, 3.8) is 0 Å². The standard InChI is InChI=1S/C4H6ClNO6/c7-3-4(11-2-1-6-3)12-5(8,9)10/h4H,1-2H2,(H,6,7). The third-order valence-electron chi connectivity index (χ3n) is 1.07. The van der Waals surface area contributed by atoms with Crippen LogP contribution in [0.25, 0.3) is 0 Å². The predicted octanol–water partition coefficient (Wildman–Crippen LogP) is -4.63. The summed E-state index contributed by atoms with van der Waals surface area (Å²) in [6.07, 6.45) is -1.65. The summed E-state index contributed by atoms with van der Waals surface area (Å²) in [6.45, 7) is 0.385. The van der Waals surface area contributed by atoms with Gasteiger partial charge in [0.1, 0.15) is 4.29 Å². The zero-order valence-corrected chi connectivity index (χ0v) is 6.57. The number of nitrogens with one attached hydrogen (secondary N) is 1. The molecule has 1 atom stereocenters. The van der Waals surface area contributed by atoms with E-state index in [9.17, 15) is 18.8 Å². The van der Waals surface area contributed by atoms with Crippen molar-refractivity contribution < 1.29 is 38.0 Å². The molecule has 1 unspecified atom stereocenters. The summed E-state index contributed by atoms with van der Waals surface area (Å²) < 4.78 is 38.2. The van der Waals surface area contributed by atoms with Gasteiger partial charge in [-0.1, -0.05) is 0 Å². The smallest absolute Gasteiger partial charge is 0.349 e. The van der Waals surface area contributed by atoms with Crippen molar-refractivity contribution in [2.24, 2.45) is 0 Å². The molecule has 1 fully saturated rings. The Hall–Kier alpha value is -0.440. The van der Waals surface area contributed by atoms with Gasteiger partial charge in [0.2, 0.25) is 0 Å². The minimum Gasteiger partial charge on any atom is -0.349 e. The van der Waals surface area contributed by atoms with E-state index in [1.165, 1.54) is 0 Å². The number of halogens is 1. The highest BCUT2D eigenvalue weighted by molar-refractivity contribution is 5.79. The van der Waals surface area contributed by atoms with Gasteiger partial charge >= 0.3 is 6.29 Å². The molecule has 0 saturated carbocycles. The second-order valence-corrected chi connectivity index (χ2v) is 2.89. The maximum atomic E-state index is 10.7. The van der Waals surface area contributed by atoms with E-state index in [0.717, 1.165) is 0 Å². The SMILES string of the molecule is O=C1NCCOC1O[Cl+3]([O-])([O-])[O-]. The number of ether oxygens (including phenoxy) is 1. The highest BCUT2D eigenvalue weighted by Crippen LogP contribution is 2.03. The molecule has 0 aromatic heterocycles. The van der Waals surface area contributed by atoms with Crippen molar-refractivity contribution in [2.45, 2.75) is 6.29 Å². The Kier molecular flexibility index (Phi) is 2.83. The van der Waals surface area contributed by atoms with Crippen LogP contribution in [0, 0.1) is 10.2 Å². The maximum absolute atomic E-state index is 10.7. The van der Waals surface area contributed by atoms with Gasteiger partial charge in [-0.25, -0.2) is 0 Å². The molecule has 0 aromatic carbocycles. The van der Waals surface area contributed by atoms with Gasteiger partial charge < -0.3 is 10.1 Å². The van der Waals surface area contributed by atoms with Gasteiger partial charge in [-0.15, -0.1) is 0 Å². The Labute approximate surface area is 69.6 Å². The van der Waals surface area contributed by atoms with Crippen LogP contribution < -0.4 is 19.3 Å². The molecule has 1 heterocycles. The van der Waals surface area contributed by atoms with Gasteiger partial charge in [-0.2, -0.15) is 14.0 Å². The monoisotopic (exact) mass is 199 g/mol. The third kappa shape index (κ3) is 2.89. The van der Waals surface area contributed by atoms with E-state index >= 15 is 0 Å². The lowest BCUT2D eigenvalue weighted by molar-refractivity contribution is -1.92. The molecule has 12 heavy (non-hydrogen) atoms. The second kappa shape index (κ2) is 3.52. The molecule has 0 spiro atoms. The summed E-state index contributed by atoms with van der Waals surface area (Å²) in [4.78, 5) is 10.7. The van der Waals surface area contributed by atoms with Gasteiger partial charge in [0, 0.05) is 6.54 Å². The Bertz CT molecular complexity index is 179. The number of morpholine rings is 1. The number of hydrogen-bond donors (Lipinski definition) is 1. The summed E-state index contributed by atoms with van der Waals surface area (Å²) in [7, 11) is -4.63. The summed E-state index contributed by atoms with van der Waals surface area (Å²) in [6, 6.07) is 0. The van der Waals surface area contributed by atoms with E-state index in [0.29, 0.717) is 0 Å². The minimum atomic E-state index is -4.63. The van der Waals surface area contributed by atoms with Crippen molar-refractivity contribution in [2.75, 3.05) is 13.2 Å². The fourth-order valence-corrected chi connectivity index (χ4v) is 0.995. The number of carbonyl (C=O) groups excluding carboxylic acids is 1. The number of hydrogen-bond acceptors (Lipinski definition) is 6. The van der Waals surface area contributed by atoms with Crippen molar-refractivity contribution in [1.82, 2.24) is 5.32 Å². The van der Waals surface area contributed by atoms with Crippen LogP contribution in [-0.2, 0) is 13.8 Å². The molecule has 70 valence electrons. The Balaban J connectivity index is 2.45. The van der Waals surface area contributed by atoms with Crippen molar-refractivity contribution in [3.05, 3.63) is 0 Å². The van der Waals surface area contributed by atoms with Gasteiger partial charge in [-0.05, 0) is 0 Å². The van der Waals surface area contributed by atoms with Crippen molar-refractivity contribution in [3.8, 4) is 0 Å². The van der Waals surface area contributed by atoms with E-state index in [1.807, 2.05) is 0 Å².